The maximum atomic E-state index is 5.57. The van der Waals surface area contributed by atoms with Crippen molar-refractivity contribution in [1.29, 1.82) is 0 Å². The van der Waals surface area contributed by atoms with E-state index in [-0.39, 0.29) is 0 Å². The summed E-state index contributed by atoms with van der Waals surface area (Å²) in [5.41, 5.74) is 5.57. The average Bonchev–Trinajstić information content (AvgIpc) is 2.39. The highest BCUT2D eigenvalue weighted by Gasteiger charge is 2.29. The van der Waals surface area contributed by atoms with Crippen molar-refractivity contribution < 1.29 is 4.48 Å². The van der Waals surface area contributed by atoms with E-state index in [1.54, 1.807) is 0 Å². The predicted molar refractivity (Wildman–Crippen MR) is 48.2 cm³/mol. The Labute approximate surface area is 69.3 Å². The minimum atomic E-state index is 0.813. The molecule has 0 aromatic carbocycles. The average molecular weight is 155 g/mol. The molecule has 11 heavy (non-hydrogen) atoms. The van der Waals surface area contributed by atoms with E-state index in [1.807, 2.05) is 6.08 Å². The summed E-state index contributed by atoms with van der Waals surface area (Å²) < 4.78 is 1.19. The van der Waals surface area contributed by atoms with Crippen molar-refractivity contribution in [1.82, 2.24) is 0 Å². The van der Waals surface area contributed by atoms with Crippen LogP contribution in [-0.2, 0) is 0 Å². The molecule has 0 bridgehead atoms. The summed E-state index contributed by atoms with van der Waals surface area (Å²) in [5, 5.41) is 0. The predicted octanol–water partition coefficient (Wildman–Crippen LogP) is 0.742. The molecule has 0 aromatic rings. The quantitative estimate of drug-likeness (QED) is 0.470. The Kier molecular flexibility index (Phi) is 3.09. The van der Waals surface area contributed by atoms with Gasteiger partial charge < -0.3 is 10.2 Å². The molecule has 0 aromatic heterocycles. The summed E-state index contributed by atoms with van der Waals surface area (Å²) in [7, 11) is 0. The molecule has 1 saturated heterocycles. The number of hydrogen-bond acceptors (Lipinski definition) is 1. The van der Waals surface area contributed by atoms with E-state index in [0.717, 1.165) is 19.6 Å². The van der Waals surface area contributed by atoms with Crippen LogP contribution in [0, 0.1) is 0 Å². The Morgan fingerprint density at radius 1 is 1.36 bits per heavy atom. The molecule has 2 heteroatoms. The smallest absolute Gasteiger partial charge is 0.0971 e. The molecule has 0 radical (unpaired) electrons. The zero-order chi connectivity index (χ0) is 8.16. The third kappa shape index (κ3) is 2.04. The summed E-state index contributed by atoms with van der Waals surface area (Å²) >= 11 is 0. The first-order valence-corrected chi connectivity index (χ1v) is 4.49. The Bertz CT molecular complexity index is 126. The maximum absolute atomic E-state index is 5.57. The van der Waals surface area contributed by atoms with Crippen LogP contribution in [0.5, 0.6) is 0 Å². The van der Waals surface area contributed by atoms with Gasteiger partial charge in [-0.1, -0.05) is 6.58 Å². The van der Waals surface area contributed by atoms with Crippen molar-refractivity contribution >= 4 is 0 Å². The molecule has 0 saturated carbocycles. The van der Waals surface area contributed by atoms with Gasteiger partial charge in [-0.25, -0.2) is 0 Å². The lowest BCUT2D eigenvalue weighted by molar-refractivity contribution is -0.909. The van der Waals surface area contributed by atoms with Gasteiger partial charge in [0.1, 0.15) is 0 Å². The topological polar surface area (TPSA) is 26.0 Å². The lowest BCUT2D eigenvalue weighted by atomic mass is 10.3. The fourth-order valence-corrected chi connectivity index (χ4v) is 2.05. The number of nitrogens with zero attached hydrogens (tertiary/aromatic N) is 1. The van der Waals surface area contributed by atoms with Gasteiger partial charge in [0.15, 0.2) is 0 Å². The molecule has 0 aliphatic carbocycles. The number of quaternary nitrogens is 1. The van der Waals surface area contributed by atoms with E-state index >= 15 is 0 Å². The van der Waals surface area contributed by atoms with Crippen LogP contribution in [0.25, 0.3) is 0 Å². The second-order valence-electron chi connectivity index (χ2n) is 3.48. The van der Waals surface area contributed by atoms with Crippen LogP contribution in [0.2, 0.25) is 0 Å². The van der Waals surface area contributed by atoms with Crippen LogP contribution >= 0.6 is 0 Å². The second kappa shape index (κ2) is 3.88. The van der Waals surface area contributed by atoms with Crippen molar-refractivity contribution in [2.75, 3.05) is 32.7 Å². The largest absolute Gasteiger partial charge is 0.326 e. The van der Waals surface area contributed by atoms with Gasteiger partial charge in [-0.2, -0.15) is 0 Å². The van der Waals surface area contributed by atoms with Gasteiger partial charge in [-0.15, -0.1) is 0 Å². The van der Waals surface area contributed by atoms with Crippen molar-refractivity contribution in [3.8, 4) is 0 Å². The standard InChI is InChI=1S/C9H19N2/c1-2-6-11(9-5-10)7-3-4-8-11/h2H,1,3-10H2/q+1. The van der Waals surface area contributed by atoms with Gasteiger partial charge in [-0.3, -0.25) is 0 Å². The summed E-state index contributed by atoms with van der Waals surface area (Å²) in [6, 6.07) is 0. The molecule has 1 fully saturated rings. The minimum absolute atomic E-state index is 0.813. The normalized spacial score (nSPS) is 21.9. The SMILES string of the molecule is C=CC[N+]1(CCN)CCCC1. The Hall–Kier alpha value is -0.340. The minimum Gasteiger partial charge on any atom is -0.326 e. The zero-order valence-electron chi connectivity index (χ0n) is 7.26. The van der Waals surface area contributed by atoms with Crippen molar-refractivity contribution in [3.05, 3.63) is 12.7 Å². The van der Waals surface area contributed by atoms with Crippen LogP contribution in [0.15, 0.2) is 12.7 Å². The van der Waals surface area contributed by atoms with Crippen LogP contribution in [-0.4, -0.2) is 37.2 Å². The van der Waals surface area contributed by atoms with Crippen molar-refractivity contribution in [3.63, 3.8) is 0 Å². The summed E-state index contributed by atoms with van der Waals surface area (Å²) in [5.74, 6) is 0. The lowest BCUT2D eigenvalue weighted by Gasteiger charge is -2.32. The van der Waals surface area contributed by atoms with Gasteiger partial charge in [0.2, 0.25) is 0 Å². The molecule has 1 aliphatic rings. The van der Waals surface area contributed by atoms with Crippen LogP contribution in [0.4, 0.5) is 0 Å². The molecule has 0 atom stereocenters. The fourth-order valence-electron chi connectivity index (χ4n) is 2.05. The second-order valence-corrected chi connectivity index (χ2v) is 3.48. The van der Waals surface area contributed by atoms with Crippen molar-refractivity contribution in [2.24, 2.45) is 5.73 Å². The molecular formula is C9H19N2+. The van der Waals surface area contributed by atoms with E-state index in [2.05, 4.69) is 6.58 Å². The molecule has 1 aliphatic heterocycles. The van der Waals surface area contributed by atoms with E-state index in [1.165, 1.54) is 30.4 Å². The number of nitrogens with two attached hydrogens (primary N) is 1. The Morgan fingerprint density at radius 2 is 2.00 bits per heavy atom. The monoisotopic (exact) mass is 155 g/mol. The third-order valence-corrected chi connectivity index (χ3v) is 2.63. The number of rotatable bonds is 4. The molecule has 0 spiro atoms. The zero-order valence-corrected chi connectivity index (χ0v) is 7.26. The summed E-state index contributed by atoms with van der Waals surface area (Å²) in [6.07, 6.45) is 4.77. The third-order valence-electron chi connectivity index (χ3n) is 2.63. The number of hydrogen-bond donors (Lipinski definition) is 1. The van der Waals surface area contributed by atoms with Crippen LogP contribution in [0.3, 0.4) is 0 Å². The highest BCUT2D eigenvalue weighted by atomic mass is 15.4. The van der Waals surface area contributed by atoms with Crippen molar-refractivity contribution in [2.45, 2.75) is 12.8 Å². The summed E-state index contributed by atoms with van der Waals surface area (Å²) in [4.78, 5) is 0. The van der Waals surface area contributed by atoms with Gasteiger partial charge in [-0.05, 0) is 6.08 Å². The van der Waals surface area contributed by atoms with E-state index in [4.69, 9.17) is 5.73 Å². The molecular weight excluding hydrogens is 136 g/mol. The molecule has 1 heterocycles. The number of likely N-dealkylation sites (tertiary alicyclic amines) is 1. The first-order chi connectivity index (χ1) is 5.33. The summed E-state index contributed by atoms with van der Waals surface area (Å²) in [6.45, 7) is 9.47. The highest BCUT2D eigenvalue weighted by molar-refractivity contribution is 4.68. The van der Waals surface area contributed by atoms with E-state index < -0.39 is 0 Å². The molecule has 64 valence electrons. The highest BCUT2D eigenvalue weighted by Crippen LogP contribution is 2.18. The van der Waals surface area contributed by atoms with Gasteiger partial charge in [0, 0.05) is 19.4 Å². The molecule has 2 N–H and O–H groups in total. The molecule has 0 unspecified atom stereocenters. The molecule has 2 nitrogen and oxygen atoms in total. The van der Waals surface area contributed by atoms with E-state index in [9.17, 15) is 0 Å². The van der Waals surface area contributed by atoms with Gasteiger partial charge >= 0.3 is 0 Å². The van der Waals surface area contributed by atoms with Crippen LogP contribution < -0.4 is 5.73 Å². The van der Waals surface area contributed by atoms with Gasteiger partial charge in [0.25, 0.3) is 0 Å². The first kappa shape index (κ1) is 8.75. The van der Waals surface area contributed by atoms with Crippen LogP contribution in [0.1, 0.15) is 12.8 Å². The Morgan fingerprint density at radius 3 is 2.45 bits per heavy atom. The maximum Gasteiger partial charge on any atom is 0.0971 e. The first-order valence-electron chi connectivity index (χ1n) is 4.49. The Balaban J connectivity index is 2.46. The fraction of sp³-hybridized carbons (Fsp3) is 0.778. The lowest BCUT2D eigenvalue weighted by Crippen LogP contribution is -2.48. The molecule has 1 rings (SSSR count). The van der Waals surface area contributed by atoms with Gasteiger partial charge in [0.05, 0.1) is 26.2 Å². The van der Waals surface area contributed by atoms with E-state index in [0.29, 0.717) is 0 Å². The molecule has 0 amide bonds.